The lowest BCUT2D eigenvalue weighted by Gasteiger charge is -2.17. The highest BCUT2D eigenvalue weighted by Gasteiger charge is 2.16. The van der Waals surface area contributed by atoms with Crippen LogP contribution >= 0.6 is 11.6 Å². The second-order valence-electron chi connectivity index (χ2n) is 4.46. The molecule has 0 fully saturated rings. The molecular formula is C15H15ClN2O2. The molecule has 0 bridgehead atoms. The van der Waals surface area contributed by atoms with Crippen LogP contribution in [0.4, 0.5) is 0 Å². The van der Waals surface area contributed by atoms with Gasteiger partial charge in [-0.2, -0.15) is 0 Å². The molecule has 0 atom stereocenters. The number of aromatic hydroxyl groups is 1. The smallest absolute Gasteiger partial charge is 0.257 e. The Bertz CT molecular complexity index is 602. The number of pyridine rings is 1. The topological polar surface area (TPSA) is 53.4 Å². The Morgan fingerprint density at radius 2 is 2.15 bits per heavy atom. The molecule has 104 valence electrons. The van der Waals surface area contributed by atoms with Crippen molar-refractivity contribution < 1.29 is 9.90 Å². The third kappa shape index (κ3) is 3.48. The number of hydrogen-bond donors (Lipinski definition) is 1. The van der Waals surface area contributed by atoms with Crippen molar-refractivity contribution in [3.8, 4) is 5.75 Å². The summed E-state index contributed by atoms with van der Waals surface area (Å²) in [5.74, 6) is -0.329. The summed E-state index contributed by atoms with van der Waals surface area (Å²) in [6.07, 6.45) is 2.38. The Hall–Kier alpha value is -2.07. The molecule has 0 aliphatic carbocycles. The molecule has 5 heteroatoms. The van der Waals surface area contributed by atoms with Crippen LogP contribution in [-0.4, -0.2) is 34.5 Å². The number of carbonyl (C=O) groups excluding carboxylic acids is 1. The van der Waals surface area contributed by atoms with Gasteiger partial charge in [0.25, 0.3) is 5.91 Å². The summed E-state index contributed by atoms with van der Waals surface area (Å²) in [5.41, 5.74) is 1.13. The summed E-state index contributed by atoms with van der Waals surface area (Å²) in [4.78, 5) is 18.0. The highest BCUT2D eigenvalue weighted by Crippen LogP contribution is 2.22. The van der Waals surface area contributed by atoms with Crippen LogP contribution in [0.25, 0.3) is 0 Å². The molecule has 20 heavy (non-hydrogen) atoms. The van der Waals surface area contributed by atoms with Crippen molar-refractivity contribution in [2.45, 2.75) is 6.42 Å². The van der Waals surface area contributed by atoms with Gasteiger partial charge in [0.15, 0.2) is 0 Å². The predicted molar refractivity (Wildman–Crippen MR) is 78.0 cm³/mol. The Kier molecular flexibility index (Phi) is 4.58. The summed E-state index contributed by atoms with van der Waals surface area (Å²) < 4.78 is 0. The third-order valence-corrected chi connectivity index (χ3v) is 3.20. The maximum absolute atomic E-state index is 12.2. The first-order chi connectivity index (χ1) is 9.58. The molecule has 0 radical (unpaired) electrons. The number of amides is 1. The molecule has 0 unspecified atom stereocenters. The summed E-state index contributed by atoms with van der Waals surface area (Å²) in [7, 11) is 1.69. The van der Waals surface area contributed by atoms with E-state index in [0.29, 0.717) is 18.0 Å². The average molecular weight is 291 g/mol. The van der Waals surface area contributed by atoms with E-state index in [1.54, 1.807) is 24.2 Å². The number of phenols is 1. The van der Waals surface area contributed by atoms with Gasteiger partial charge in [-0.15, -0.1) is 0 Å². The van der Waals surface area contributed by atoms with Gasteiger partial charge in [-0.3, -0.25) is 9.78 Å². The van der Waals surface area contributed by atoms with E-state index in [1.807, 2.05) is 18.2 Å². The van der Waals surface area contributed by atoms with Crippen LogP contribution in [0.15, 0.2) is 42.6 Å². The van der Waals surface area contributed by atoms with E-state index in [9.17, 15) is 9.90 Å². The molecule has 1 aromatic carbocycles. The fourth-order valence-corrected chi connectivity index (χ4v) is 1.99. The number of aromatic nitrogens is 1. The molecule has 2 rings (SSSR count). The number of halogens is 1. The fraction of sp³-hybridized carbons (Fsp3) is 0.200. The second kappa shape index (κ2) is 6.39. The van der Waals surface area contributed by atoms with E-state index in [4.69, 9.17) is 11.6 Å². The lowest BCUT2D eigenvalue weighted by molar-refractivity contribution is 0.0793. The van der Waals surface area contributed by atoms with E-state index >= 15 is 0 Å². The Morgan fingerprint density at radius 1 is 1.35 bits per heavy atom. The first-order valence-electron chi connectivity index (χ1n) is 6.22. The SMILES string of the molecule is CN(CCc1ccccn1)C(=O)c1cc(Cl)ccc1O. The summed E-state index contributed by atoms with van der Waals surface area (Å²) in [5, 5.41) is 10.1. The van der Waals surface area contributed by atoms with Crippen LogP contribution in [-0.2, 0) is 6.42 Å². The van der Waals surface area contributed by atoms with Crippen LogP contribution in [0.5, 0.6) is 5.75 Å². The minimum absolute atomic E-state index is 0.0657. The van der Waals surface area contributed by atoms with Gasteiger partial charge in [-0.05, 0) is 30.3 Å². The summed E-state index contributed by atoms with van der Waals surface area (Å²) >= 11 is 5.85. The zero-order valence-corrected chi connectivity index (χ0v) is 11.8. The van der Waals surface area contributed by atoms with Gasteiger partial charge in [0.1, 0.15) is 5.75 Å². The molecule has 0 aliphatic rings. The summed E-state index contributed by atoms with van der Waals surface area (Å²) in [6.45, 7) is 0.516. The standard InChI is InChI=1S/C15H15ClN2O2/c1-18(9-7-12-4-2-3-8-17-12)15(20)13-10-11(16)5-6-14(13)19/h2-6,8,10,19H,7,9H2,1H3. The van der Waals surface area contributed by atoms with Gasteiger partial charge in [0, 0.05) is 36.9 Å². The number of benzene rings is 1. The lowest BCUT2D eigenvalue weighted by Crippen LogP contribution is -2.29. The normalized spacial score (nSPS) is 10.3. The minimum Gasteiger partial charge on any atom is -0.507 e. The maximum atomic E-state index is 12.2. The zero-order chi connectivity index (χ0) is 14.5. The molecule has 4 nitrogen and oxygen atoms in total. The quantitative estimate of drug-likeness (QED) is 0.942. The Morgan fingerprint density at radius 3 is 2.85 bits per heavy atom. The highest BCUT2D eigenvalue weighted by atomic mass is 35.5. The largest absolute Gasteiger partial charge is 0.507 e. The van der Waals surface area contributed by atoms with Gasteiger partial charge < -0.3 is 10.0 Å². The fourth-order valence-electron chi connectivity index (χ4n) is 1.81. The number of phenolic OH excluding ortho intramolecular Hbond substituents is 1. The first kappa shape index (κ1) is 14.3. The number of likely N-dealkylation sites (N-methyl/N-ethyl adjacent to an activating group) is 1. The molecular weight excluding hydrogens is 276 g/mol. The zero-order valence-electron chi connectivity index (χ0n) is 11.1. The van der Waals surface area contributed by atoms with Crippen LogP contribution in [0.3, 0.4) is 0 Å². The van der Waals surface area contributed by atoms with Crippen LogP contribution < -0.4 is 0 Å². The van der Waals surface area contributed by atoms with E-state index in [2.05, 4.69) is 4.98 Å². The van der Waals surface area contributed by atoms with Crippen LogP contribution in [0, 0.1) is 0 Å². The molecule has 1 aromatic heterocycles. The molecule has 1 amide bonds. The number of nitrogens with zero attached hydrogens (tertiary/aromatic N) is 2. The Labute approximate surface area is 122 Å². The van der Waals surface area contributed by atoms with Gasteiger partial charge >= 0.3 is 0 Å². The van der Waals surface area contributed by atoms with E-state index in [1.165, 1.54) is 12.1 Å². The summed E-state index contributed by atoms with van der Waals surface area (Å²) in [6, 6.07) is 10.1. The van der Waals surface area contributed by atoms with Crippen molar-refractivity contribution in [1.29, 1.82) is 0 Å². The van der Waals surface area contributed by atoms with Crippen molar-refractivity contribution in [3.05, 3.63) is 58.9 Å². The monoisotopic (exact) mass is 290 g/mol. The molecule has 1 heterocycles. The van der Waals surface area contributed by atoms with Gasteiger partial charge in [-0.1, -0.05) is 17.7 Å². The van der Waals surface area contributed by atoms with Gasteiger partial charge in [0.2, 0.25) is 0 Å². The van der Waals surface area contributed by atoms with Crippen molar-refractivity contribution in [3.63, 3.8) is 0 Å². The van der Waals surface area contributed by atoms with Gasteiger partial charge in [-0.25, -0.2) is 0 Å². The van der Waals surface area contributed by atoms with Crippen LogP contribution in [0.1, 0.15) is 16.1 Å². The minimum atomic E-state index is -0.263. The van der Waals surface area contributed by atoms with Crippen molar-refractivity contribution >= 4 is 17.5 Å². The highest BCUT2D eigenvalue weighted by molar-refractivity contribution is 6.31. The first-order valence-corrected chi connectivity index (χ1v) is 6.59. The second-order valence-corrected chi connectivity index (χ2v) is 4.90. The predicted octanol–water partition coefficient (Wildman–Crippen LogP) is 2.76. The Balaban J connectivity index is 2.03. The molecule has 1 N–H and O–H groups in total. The van der Waals surface area contributed by atoms with Crippen molar-refractivity contribution in [1.82, 2.24) is 9.88 Å². The molecule has 0 spiro atoms. The number of rotatable bonds is 4. The van der Waals surface area contributed by atoms with Crippen LogP contribution in [0.2, 0.25) is 5.02 Å². The molecule has 0 saturated heterocycles. The lowest BCUT2D eigenvalue weighted by atomic mass is 10.1. The van der Waals surface area contributed by atoms with Gasteiger partial charge in [0.05, 0.1) is 5.56 Å². The molecule has 0 saturated carbocycles. The van der Waals surface area contributed by atoms with Crippen molar-refractivity contribution in [2.24, 2.45) is 0 Å². The molecule has 0 aliphatic heterocycles. The van der Waals surface area contributed by atoms with E-state index in [0.717, 1.165) is 5.69 Å². The number of hydrogen-bond acceptors (Lipinski definition) is 3. The molecule has 2 aromatic rings. The maximum Gasteiger partial charge on any atom is 0.257 e. The van der Waals surface area contributed by atoms with E-state index in [-0.39, 0.29) is 17.2 Å². The third-order valence-electron chi connectivity index (χ3n) is 2.97. The number of carbonyl (C=O) groups is 1. The van der Waals surface area contributed by atoms with E-state index < -0.39 is 0 Å². The average Bonchev–Trinajstić information content (AvgIpc) is 2.47. The van der Waals surface area contributed by atoms with Crippen molar-refractivity contribution in [2.75, 3.05) is 13.6 Å².